The van der Waals surface area contributed by atoms with Crippen LogP contribution in [0.25, 0.3) is 0 Å². The van der Waals surface area contributed by atoms with E-state index in [1.807, 2.05) is 0 Å². The number of carbonyl (C=O) groups is 1. The molecule has 0 aliphatic carbocycles. The molecule has 0 spiro atoms. The lowest BCUT2D eigenvalue weighted by Crippen LogP contribution is -2.25. The van der Waals surface area contributed by atoms with E-state index in [0.717, 1.165) is 5.56 Å². The Balaban J connectivity index is 1.89. The van der Waals surface area contributed by atoms with Crippen LogP contribution in [0, 0.1) is 41.0 Å². The maximum atomic E-state index is 12.8. The lowest BCUT2D eigenvalue weighted by atomic mass is 10.2. The van der Waals surface area contributed by atoms with Gasteiger partial charge in [0.1, 0.15) is 28.9 Å². The molecule has 1 atom stereocenters. The van der Waals surface area contributed by atoms with E-state index < -0.39 is 21.8 Å². The molecule has 2 aromatic carbocycles. The van der Waals surface area contributed by atoms with E-state index in [1.165, 1.54) is 43.7 Å². The summed E-state index contributed by atoms with van der Waals surface area (Å²) in [5.41, 5.74) is 0.795. The lowest BCUT2D eigenvalue weighted by molar-refractivity contribution is -0.386. The number of halogens is 1. The maximum absolute atomic E-state index is 12.8. The topological polar surface area (TPSA) is 142 Å². The third kappa shape index (κ3) is 5.09. The van der Waals surface area contributed by atoms with Crippen LogP contribution in [0.1, 0.15) is 29.9 Å². The molecule has 1 aromatic heterocycles. The van der Waals surface area contributed by atoms with Crippen LogP contribution in [0.15, 0.2) is 36.4 Å². The molecule has 0 bridgehead atoms. The summed E-state index contributed by atoms with van der Waals surface area (Å²) in [5.74, 6) is 0.0180. The van der Waals surface area contributed by atoms with Crippen LogP contribution in [0.5, 0.6) is 11.5 Å². The molecule has 0 saturated carbocycles. The van der Waals surface area contributed by atoms with Gasteiger partial charge in [0.15, 0.2) is 0 Å². The lowest BCUT2D eigenvalue weighted by Gasteiger charge is -2.15. The summed E-state index contributed by atoms with van der Waals surface area (Å²) in [5, 5.41) is 29.9. The van der Waals surface area contributed by atoms with Gasteiger partial charge in [-0.3, -0.25) is 29.7 Å². The molecule has 11 nitrogen and oxygen atoms in total. The van der Waals surface area contributed by atoms with E-state index in [1.54, 1.807) is 25.1 Å². The van der Waals surface area contributed by atoms with Gasteiger partial charge in [0.05, 0.1) is 21.6 Å². The Morgan fingerprint density at radius 3 is 2.39 bits per heavy atom. The Morgan fingerprint density at radius 2 is 1.82 bits per heavy atom. The Labute approximate surface area is 193 Å². The molecule has 1 unspecified atom stereocenters. The summed E-state index contributed by atoms with van der Waals surface area (Å²) in [6, 6.07) is 7.89. The van der Waals surface area contributed by atoms with Crippen molar-refractivity contribution in [3.8, 4) is 11.5 Å². The van der Waals surface area contributed by atoms with Crippen molar-refractivity contribution in [2.45, 2.75) is 33.7 Å². The molecule has 0 fully saturated rings. The van der Waals surface area contributed by atoms with Crippen molar-refractivity contribution in [2.24, 2.45) is 0 Å². The quantitative estimate of drug-likeness (QED) is 0.363. The molecule has 0 saturated heterocycles. The van der Waals surface area contributed by atoms with Crippen LogP contribution in [0.4, 0.5) is 17.1 Å². The zero-order valence-electron chi connectivity index (χ0n) is 18.2. The van der Waals surface area contributed by atoms with Crippen molar-refractivity contribution in [3.63, 3.8) is 0 Å². The zero-order valence-corrected chi connectivity index (χ0v) is 18.9. The highest BCUT2D eigenvalue weighted by molar-refractivity contribution is 6.30. The third-order valence-corrected chi connectivity index (χ3v) is 5.19. The number of benzene rings is 2. The van der Waals surface area contributed by atoms with Gasteiger partial charge >= 0.3 is 5.69 Å². The van der Waals surface area contributed by atoms with Gasteiger partial charge < -0.3 is 10.1 Å². The fourth-order valence-corrected chi connectivity index (χ4v) is 3.55. The van der Waals surface area contributed by atoms with Gasteiger partial charge in [-0.1, -0.05) is 11.6 Å². The molecule has 0 aliphatic heterocycles. The van der Waals surface area contributed by atoms with E-state index in [9.17, 15) is 25.0 Å². The monoisotopic (exact) mass is 473 g/mol. The molecule has 1 heterocycles. The highest BCUT2D eigenvalue weighted by Crippen LogP contribution is 2.33. The van der Waals surface area contributed by atoms with Crippen molar-refractivity contribution in [2.75, 3.05) is 5.32 Å². The van der Waals surface area contributed by atoms with Crippen LogP contribution in [-0.2, 0) is 4.79 Å². The first-order valence-electron chi connectivity index (χ1n) is 9.72. The van der Waals surface area contributed by atoms with Crippen molar-refractivity contribution >= 4 is 34.6 Å². The van der Waals surface area contributed by atoms with E-state index in [0.29, 0.717) is 10.8 Å². The molecule has 172 valence electrons. The standard InChI is InChI=1S/C21H20ClN5O6/c1-11-7-15(22)5-6-19(11)33-18-9-16(8-17(10-18)26(29)30)23-21(28)14(4)25-13(3)20(27(31)32)12(2)24-25/h5-10,14H,1-4H3,(H,23,28). The van der Waals surface area contributed by atoms with Crippen LogP contribution < -0.4 is 10.1 Å². The second-order valence-electron chi connectivity index (χ2n) is 7.37. The molecule has 3 aromatic rings. The summed E-state index contributed by atoms with van der Waals surface area (Å²) in [6.07, 6.45) is 0. The molecular weight excluding hydrogens is 454 g/mol. The van der Waals surface area contributed by atoms with Gasteiger partial charge in [-0.25, -0.2) is 0 Å². The number of nitrogens with zero attached hydrogens (tertiary/aromatic N) is 4. The van der Waals surface area contributed by atoms with Crippen LogP contribution in [-0.4, -0.2) is 25.5 Å². The van der Waals surface area contributed by atoms with Gasteiger partial charge in [-0.05, 0) is 51.5 Å². The molecule has 0 radical (unpaired) electrons. The molecule has 12 heteroatoms. The highest BCUT2D eigenvalue weighted by atomic mass is 35.5. The Bertz CT molecular complexity index is 1270. The molecule has 33 heavy (non-hydrogen) atoms. The average molecular weight is 474 g/mol. The predicted octanol–water partition coefficient (Wildman–Crippen LogP) is 5.27. The number of hydrogen-bond donors (Lipinski definition) is 1. The summed E-state index contributed by atoms with van der Waals surface area (Å²) in [7, 11) is 0. The number of aromatic nitrogens is 2. The van der Waals surface area contributed by atoms with Gasteiger partial charge in [0.2, 0.25) is 5.91 Å². The van der Waals surface area contributed by atoms with Gasteiger partial charge in [-0.2, -0.15) is 5.10 Å². The maximum Gasteiger partial charge on any atom is 0.312 e. The SMILES string of the molecule is Cc1cc(Cl)ccc1Oc1cc(NC(=O)C(C)n2nc(C)c([N+](=O)[O-])c2C)cc([N+](=O)[O-])c1. The number of non-ortho nitro benzene ring substituents is 1. The van der Waals surface area contributed by atoms with Gasteiger partial charge in [0, 0.05) is 17.2 Å². The Hall–Kier alpha value is -3.99. The van der Waals surface area contributed by atoms with Crippen molar-refractivity contribution < 1.29 is 19.4 Å². The normalized spacial score (nSPS) is 11.7. The van der Waals surface area contributed by atoms with E-state index in [2.05, 4.69) is 10.4 Å². The Morgan fingerprint density at radius 1 is 1.12 bits per heavy atom. The number of nitrogens with one attached hydrogen (secondary N) is 1. The van der Waals surface area contributed by atoms with Crippen LogP contribution >= 0.6 is 11.6 Å². The summed E-state index contributed by atoms with van der Waals surface area (Å²) < 4.78 is 7.02. The minimum Gasteiger partial charge on any atom is -0.457 e. The number of anilines is 1. The van der Waals surface area contributed by atoms with E-state index in [-0.39, 0.29) is 34.2 Å². The van der Waals surface area contributed by atoms with Crippen LogP contribution in [0.2, 0.25) is 5.02 Å². The van der Waals surface area contributed by atoms with E-state index >= 15 is 0 Å². The minimum absolute atomic E-state index is 0.124. The van der Waals surface area contributed by atoms with Crippen molar-refractivity contribution in [3.05, 3.63) is 78.6 Å². The number of rotatable bonds is 7. The minimum atomic E-state index is -0.917. The first-order valence-corrected chi connectivity index (χ1v) is 10.1. The second-order valence-corrected chi connectivity index (χ2v) is 7.81. The summed E-state index contributed by atoms with van der Waals surface area (Å²) in [6.45, 7) is 6.27. The number of nitro benzene ring substituents is 1. The van der Waals surface area contributed by atoms with Crippen LogP contribution in [0.3, 0.4) is 0 Å². The van der Waals surface area contributed by atoms with Gasteiger partial charge in [0.25, 0.3) is 5.69 Å². The third-order valence-electron chi connectivity index (χ3n) is 4.95. The first kappa shape index (κ1) is 23.7. The Kier molecular flexibility index (Phi) is 6.63. The first-order chi connectivity index (χ1) is 15.5. The number of amides is 1. The van der Waals surface area contributed by atoms with E-state index in [4.69, 9.17) is 16.3 Å². The molecular formula is C21H20ClN5O6. The molecule has 3 rings (SSSR count). The molecule has 0 aliphatic rings. The van der Waals surface area contributed by atoms with Crippen molar-refractivity contribution in [1.82, 2.24) is 9.78 Å². The number of aryl methyl sites for hydroxylation is 2. The fraction of sp³-hybridized carbons (Fsp3) is 0.238. The number of nitro groups is 2. The average Bonchev–Trinajstić information content (AvgIpc) is 3.03. The number of carbonyl (C=O) groups excluding carboxylic acids is 1. The summed E-state index contributed by atoms with van der Waals surface area (Å²) >= 11 is 5.95. The van der Waals surface area contributed by atoms with Crippen molar-refractivity contribution in [1.29, 1.82) is 0 Å². The molecule has 1 N–H and O–H groups in total. The summed E-state index contributed by atoms with van der Waals surface area (Å²) in [4.78, 5) is 34.3. The number of ether oxygens (including phenoxy) is 1. The molecule has 1 amide bonds. The smallest absolute Gasteiger partial charge is 0.312 e. The highest BCUT2D eigenvalue weighted by Gasteiger charge is 2.27. The largest absolute Gasteiger partial charge is 0.457 e. The number of hydrogen-bond acceptors (Lipinski definition) is 7. The van der Waals surface area contributed by atoms with Gasteiger partial charge in [-0.15, -0.1) is 0 Å². The predicted molar refractivity (Wildman–Crippen MR) is 121 cm³/mol. The second kappa shape index (κ2) is 9.25. The zero-order chi connectivity index (χ0) is 24.4. The fourth-order valence-electron chi connectivity index (χ4n) is 3.33.